The summed E-state index contributed by atoms with van der Waals surface area (Å²) in [4.78, 5) is 17.3. The summed E-state index contributed by atoms with van der Waals surface area (Å²) in [6, 6.07) is 12.5. The fourth-order valence-electron chi connectivity index (χ4n) is 4.76. The molecule has 0 aromatic heterocycles. The average Bonchev–Trinajstić information content (AvgIpc) is 3.43. The largest absolute Gasteiger partial charge is 0.497 e. The van der Waals surface area contributed by atoms with Crippen molar-refractivity contribution in [3.05, 3.63) is 65.2 Å². The fourth-order valence-corrected chi connectivity index (χ4v) is 4.76. The highest BCUT2D eigenvalue weighted by molar-refractivity contribution is 5.94. The molecule has 2 heterocycles. The minimum Gasteiger partial charge on any atom is -0.497 e. The molecular weight excluding hydrogens is 405 g/mol. The van der Waals surface area contributed by atoms with E-state index in [1.807, 2.05) is 0 Å². The van der Waals surface area contributed by atoms with Gasteiger partial charge in [0.25, 0.3) is 5.91 Å². The number of carbonyl (C=O) groups is 1. The standard InChI is InChI=1S/C24H27F3N2O2/c1-31-21-9-7-17(8-10-21)23(30)29-15-19(14-28-11-2-3-12-28)22(16-29)18-5-4-6-20(13-18)24(25,26)27/h4-10,13,19,22H,2-3,11-12,14-16H2,1H3. The van der Waals surface area contributed by atoms with Gasteiger partial charge in [-0.25, -0.2) is 0 Å². The van der Waals surface area contributed by atoms with Crippen molar-refractivity contribution >= 4 is 5.91 Å². The third-order valence-electron chi connectivity index (χ3n) is 6.40. The highest BCUT2D eigenvalue weighted by atomic mass is 19.4. The number of hydrogen-bond acceptors (Lipinski definition) is 3. The van der Waals surface area contributed by atoms with Gasteiger partial charge in [-0.05, 0) is 67.7 Å². The number of ether oxygens (including phenoxy) is 1. The number of halogens is 3. The second-order valence-electron chi connectivity index (χ2n) is 8.44. The lowest BCUT2D eigenvalue weighted by Gasteiger charge is -2.24. The van der Waals surface area contributed by atoms with Gasteiger partial charge in [0.05, 0.1) is 12.7 Å². The van der Waals surface area contributed by atoms with E-state index >= 15 is 0 Å². The minimum absolute atomic E-state index is 0.0939. The summed E-state index contributed by atoms with van der Waals surface area (Å²) in [5.74, 6) is 0.559. The van der Waals surface area contributed by atoms with Crippen LogP contribution in [0.15, 0.2) is 48.5 Å². The summed E-state index contributed by atoms with van der Waals surface area (Å²) in [5, 5.41) is 0. The van der Waals surface area contributed by atoms with Crippen LogP contribution in [0.2, 0.25) is 0 Å². The van der Waals surface area contributed by atoms with Crippen LogP contribution in [0.4, 0.5) is 13.2 Å². The molecule has 7 heteroatoms. The molecule has 4 rings (SSSR count). The van der Waals surface area contributed by atoms with E-state index in [9.17, 15) is 18.0 Å². The van der Waals surface area contributed by atoms with Gasteiger partial charge in [-0.2, -0.15) is 13.2 Å². The molecule has 2 aliphatic heterocycles. The number of alkyl halides is 3. The highest BCUT2D eigenvalue weighted by Gasteiger charge is 2.39. The second kappa shape index (κ2) is 8.91. The highest BCUT2D eigenvalue weighted by Crippen LogP contribution is 2.37. The van der Waals surface area contributed by atoms with Crippen molar-refractivity contribution in [2.75, 3.05) is 39.8 Å². The molecule has 0 aliphatic carbocycles. The zero-order valence-electron chi connectivity index (χ0n) is 17.6. The van der Waals surface area contributed by atoms with Crippen molar-refractivity contribution in [2.45, 2.75) is 24.9 Å². The molecular formula is C24H27F3N2O2. The number of hydrogen-bond donors (Lipinski definition) is 0. The average molecular weight is 432 g/mol. The van der Waals surface area contributed by atoms with Crippen LogP contribution >= 0.6 is 0 Å². The van der Waals surface area contributed by atoms with E-state index in [0.717, 1.165) is 38.5 Å². The van der Waals surface area contributed by atoms with Gasteiger partial charge in [0.1, 0.15) is 5.75 Å². The Morgan fingerprint density at radius 3 is 2.42 bits per heavy atom. The molecule has 2 aromatic rings. The molecule has 2 fully saturated rings. The molecule has 0 radical (unpaired) electrons. The Morgan fingerprint density at radius 1 is 1.06 bits per heavy atom. The summed E-state index contributed by atoms with van der Waals surface area (Å²) in [6.07, 6.45) is -2.08. The normalized spacial score (nSPS) is 22.1. The quantitative estimate of drug-likeness (QED) is 0.689. The molecule has 0 saturated carbocycles. The van der Waals surface area contributed by atoms with Gasteiger partial charge in [-0.15, -0.1) is 0 Å². The van der Waals surface area contributed by atoms with Crippen LogP contribution in [0.3, 0.4) is 0 Å². The van der Waals surface area contributed by atoms with Crippen molar-refractivity contribution in [1.82, 2.24) is 9.80 Å². The first-order valence-corrected chi connectivity index (χ1v) is 10.7. The molecule has 1 amide bonds. The molecule has 0 spiro atoms. The number of benzene rings is 2. The summed E-state index contributed by atoms with van der Waals surface area (Å²) < 4.78 is 45.0. The van der Waals surface area contributed by atoms with Crippen LogP contribution in [-0.2, 0) is 6.18 Å². The molecule has 0 N–H and O–H groups in total. The van der Waals surface area contributed by atoms with E-state index in [4.69, 9.17) is 4.74 Å². The van der Waals surface area contributed by atoms with Crippen molar-refractivity contribution in [3.8, 4) is 5.75 Å². The summed E-state index contributed by atoms with van der Waals surface area (Å²) >= 11 is 0. The molecule has 0 bridgehead atoms. The van der Waals surface area contributed by atoms with Crippen LogP contribution in [-0.4, -0.2) is 55.5 Å². The Kier molecular flexibility index (Phi) is 6.23. The van der Waals surface area contributed by atoms with Crippen LogP contribution in [0.5, 0.6) is 5.75 Å². The Balaban J connectivity index is 1.58. The van der Waals surface area contributed by atoms with E-state index in [2.05, 4.69) is 4.90 Å². The van der Waals surface area contributed by atoms with Crippen LogP contribution in [0.1, 0.15) is 40.2 Å². The zero-order chi connectivity index (χ0) is 22.0. The lowest BCUT2D eigenvalue weighted by atomic mass is 9.87. The molecule has 2 saturated heterocycles. The first-order valence-electron chi connectivity index (χ1n) is 10.7. The van der Waals surface area contributed by atoms with Gasteiger partial charge in [-0.1, -0.05) is 18.2 Å². The maximum absolute atomic E-state index is 13.3. The van der Waals surface area contributed by atoms with Gasteiger partial charge >= 0.3 is 6.18 Å². The van der Waals surface area contributed by atoms with Gasteiger partial charge in [0.15, 0.2) is 0 Å². The van der Waals surface area contributed by atoms with Crippen molar-refractivity contribution < 1.29 is 22.7 Å². The third kappa shape index (κ3) is 4.87. The molecule has 2 unspecified atom stereocenters. The van der Waals surface area contributed by atoms with Gasteiger partial charge in [-0.3, -0.25) is 4.79 Å². The Bertz CT molecular complexity index is 908. The van der Waals surface area contributed by atoms with Gasteiger partial charge in [0, 0.05) is 31.1 Å². The smallest absolute Gasteiger partial charge is 0.416 e. The van der Waals surface area contributed by atoms with Crippen LogP contribution < -0.4 is 4.74 Å². The Labute approximate surface area is 180 Å². The predicted molar refractivity (Wildman–Crippen MR) is 112 cm³/mol. The van der Waals surface area contributed by atoms with Gasteiger partial charge < -0.3 is 14.5 Å². The summed E-state index contributed by atoms with van der Waals surface area (Å²) in [6.45, 7) is 3.79. The number of methoxy groups -OCH3 is 1. The number of nitrogens with zero attached hydrogens (tertiary/aromatic N) is 2. The number of likely N-dealkylation sites (tertiary alicyclic amines) is 2. The lowest BCUT2D eigenvalue weighted by Crippen LogP contribution is -2.32. The molecule has 2 atom stereocenters. The fraction of sp³-hybridized carbons (Fsp3) is 0.458. The van der Waals surface area contributed by atoms with E-state index in [-0.39, 0.29) is 17.7 Å². The molecule has 2 aliphatic rings. The van der Waals surface area contributed by atoms with Crippen LogP contribution in [0.25, 0.3) is 0 Å². The third-order valence-corrected chi connectivity index (χ3v) is 6.40. The monoisotopic (exact) mass is 432 g/mol. The second-order valence-corrected chi connectivity index (χ2v) is 8.44. The van der Waals surface area contributed by atoms with Crippen molar-refractivity contribution in [3.63, 3.8) is 0 Å². The summed E-state index contributed by atoms with van der Waals surface area (Å²) in [5.41, 5.74) is 0.583. The predicted octanol–water partition coefficient (Wildman–Crippen LogP) is 4.67. The lowest BCUT2D eigenvalue weighted by molar-refractivity contribution is -0.137. The topological polar surface area (TPSA) is 32.8 Å². The van der Waals surface area contributed by atoms with E-state index < -0.39 is 11.7 Å². The number of rotatable bonds is 5. The minimum atomic E-state index is -4.38. The number of carbonyl (C=O) groups excluding carboxylic acids is 1. The molecule has 31 heavy (non-hydrogen) atoms. The van der Waals surface area contributed by atoms with E-state index in [1.54, 1.807) is 42.3 Å². The molecule has 166 valence electrons. The van der Waals surface area contributed by atoms with Crippen molar-refractivity contribution in [1.29, 1.82) is 0 Å². The maximum atomic E-state index is 13.3. The van der Waals surface area contributed by atoms with Crippen molar-refractivity contribution in [2.24, 2.45) is 5.92 Å². The maximum Gasteiger partial charge on any atom is 0.416 e. The number of amides is 1. The first kappa shape index (κ1) is 21.7. The van der Waals surface area contributed by atoms with E-state index in [0.29, 0.717) is 30.0 Å². The van der Waals surface area contributed by atoms with Crippen LogP contribution in [0, 0.1) is 5.92 Å². The Hall–Kier alpha value is -2.54. The molecule has 2 aromatic carbocycles. The zero-order valence-corrected chi connectivity index (χ0v) is 17.6. The summed E-state index contributed by atoms with van der Waals surface area (Å²) in [7, 11) is 1.57. The SMILES string of the molecule is COc1ccc(C(=O)N2CC(CN3CCCC3)C(c3cccc(C(F)(F)F)c3)C2)cc1. The first-order chi connectivity index (χ1) is 14.8. The molecule has 4 nitrogen and oxygen atoms in total. The van der Waals surface area contributed by atoms with E-state index in [1.165, 1.54) is 12.1 Å². The Morgan fingerprint density at radius 2 is 1.77 bits per heavy atom. The van der Waals surface area contributed by atoms with Gasteiger partial charge in [0.2, 0.25) is 0 Å².